The number of pyridine rings is 1. The van der Waals surface area contributed by atoms with Gasteiger partial charge in [-0.25, -0.2) is 18.6 Å². The van der Waals surface area contributed by atoms with Crippen molar-refractivity contribution in [2.45, 2.75) is 66.0 Å². The van der Waals surface area contributed by atoms with Crippen molar-refractivity contribution in [3.8, 4) is 0 Å². The maximum atomic E-state index is 15.7. The zero-order valence-electron chi connectivity index (χ0n) is 24.3. The van der Waals surface area contributed by atoms with E-state index in [0.717, 1.165) is 11.1 Å². The summed E-state index contributed by atoms with van der Waals surface area (Å²) in [6.45, 7) is 12.8. The minimum Gasteiger partial charge on any atom is -0.444 e. The van der Waals surface area contributed by atoms with Crippen LogP contribution in [-0.2, 0) is 4.74 Å². The number of aryl methyl sites for hydroxylation is 2. The third kappa shape index (κ3) is 5.71. The average Bonchev–Trinajstić information content (AvgIpc) is 3.45. The first kappa shape index (κ1) is 28.4. The van der Waals surface area contributed by atoms with E-state index in [4.69, 9.17) is 4.74 Å². The molecule has 1 aliphatic heterocycles. The van der Waals surface area contributed by atoms with E-state index in [1.54, 1.807) is 24.2 Å². The van der Waals surface area contributed by atoms with Crippen LogP contribution in [0.25, 0.3) is 16.6 Å². The van der Waals surface area contributed by atoms with E-state index >= 15 is 4.39 Å². The molecule has 3 aromatic heterocycles. The number of rotatable bonds is 5. The standard InChI is InChI=1S/C30H36F2N6O3/c1-7-38(29(40)41-30(4,5)6)20-8-10-36(11-9-20)24-14-22(31)25(26-21(24)12-17(2)33-26)28(39)35-19-13-23(32)27-34-18(3)15-37(27)16-19/h12-16,20,33H,7-11H2,1-6H3,(H,35,39). The molecule has 1 aliphatic rings. The van der Waals surface area contributed by atoms with Crippen molar-refractivity contribution in [3.63, 3.8) is 0 Å². The molecule has 2 N–H and O–H groups in total. The second-order valence-electron chi connectivity index (χ2n) is 11.6. The zero-order chi connectivity index (χ0) is 29.6. The van der Waals surface area contributed by atoms with E-state index in [-0.39, 0.29) is 29.0 Å². The van der Waals surface area contributed by atoms with Crippen molar-refractivity contribution in [1.29, 1.82) is 0 Å². The van der Waals surface area contributed by atoms with Crippen molar-refractivity contribution in [1.82, 2.24) is 19.3 Å². The molecular formula is C30H36F2N6O3. The number of halogens is 2. The Morgan fingerprint density at radius 2 is 1.83 bits per heavy atom. The molecule has 0 saturated carbocycles. The Morgan fingerprint density at radius 1 is 1.12 bits per heavy atom. The Kier molecular flexibility index (Phi) is 7.39. The van der Waals surface area contributed by atoms with Crippen LogP contribution < -0.4 is 10.2 Å². The molecule has 4 aromatic rings. The second-order valence-corrected chi connectivity index (χ2v) is 11.6. The van der Waals surface area contributed by atoms with Crippen LogP contribution in [-0.4, -0.2) is 62.5 Å². The summed E-state index contributed by atoms with van der Waals surface area (Å²) in [5.41, 5.74) is 2.08. The van der Waals surface area contributed by atoms with Crippen molar-refractivity contribution in [3.05, 3.63) is 59.2 Å². The van der Waals surface area contributed by atoms with Gasteiger partial charge in [0.2, 0.25) is 0 Å². The monoisotopic (exact) mass is 566 g/mol. The third-order valence-corrected chi connectivity index (χ3v) is 7.31. The summed E-state index contributed by atoms with van der Waals surface area (Å²) in [5, 5.41) is 3.36. The normalized spacial score (nSPS) is 14.6. The Balaban J connectivity index is 1.38. The molecule has 4 heterocycles. The number of aromatic amines is 1. The van der Waals surface area contributed by atoms with Gasteiger partial charge in [0.25, 0.3) is 5.91 Å². The SMILES string of the molecule is CCN(C(=O)OC(C)(C)C)C1CCN(c2cc(F)c(C(=O)Nc3cc(F)c4nc(C)cn4c3)c3[nH]c(C)cc23)CC1. The van der Waals surface area contributed by atoms with Gasteiger partial charge in [-0.05, 0) is 66.5 Å². The molecule has 11 heteroatoms. The minimum atomic E-state index is -0.689. The molecule has 2 amide bonds. The van der Waals surface area contributed by atoms with Gasteiger partial charge in [0.05, 0.1) is 22.5 Å². The fourth-order valence-electron chi connectivity index (χ4n) is 5.58. The van der Waals surface area contributed by atoms with Gasteiger partial charge < -0.3 is 29.2 Å². The van der Waals surface area contributed by atoms with E-state index in [1.807, 2.05) is 40.7 Å². The highest BCUT2D eigenvalue weighted by Crippen LogP contribution is 2.35. The predicted molar refractivity (Wildman–Crippen MR) is 155 cm³/mol. The molecule has 0 unspecified atom stereocenters. The molecule has 1 fully saturated rings. The number of piperidine rings is 1. The highest BCUT2D eigenvalue weighted by atomic mass is 19.1. The molecule has 9 nitrogen and oxygen atoms in total. The molecule has 0 aliphatic carbocycles. The number of anilines is 2. The summed E-state index contributed by atoms with van der Waals surface area (Å²) in [6, 6.07) is 4.47. The van der Waals surface area contributed by atoms with Crippen LogP contribution in [0.15, 0.2) is 30.6 Å². The quantitative estimate of drug-likeness (QED) is 0.301. The highest BCUT2D eigenvalue weighted by Gasteiger charge is 2.31. The lowest BCUT2D eigenvalue weighted by atomic mass is 10.0. The van der Waals surface area contributed by atoms with Gasteiger partial charge in [-0.15, -0.1) is 0 Å². The number of imidazole rings is 1. The van der Waals surface area contributed by atoms with Gasteiger partial charge in [0.15, 0.2) is 11.5 Å². The van der Waals surface area contributed by atoms with Crippen molar-refractivity contribution < 1.29 is 23.1 Å². The first-order chi connectivity index (χ1) is 19.3. The molecule has 0 radical (unpaired) electrons. The van der Waals surface area contributed by atoms with Crippen LogP contribution in [0.3, 0.4) is 0 Å². The number of fused-ring (bicyclic) bond motifs is 2. The molecule has 0 bridgehead atoms. The maximum absolute atomic E-state index is 15.7. The van der Waals surface area contributed by atoms with Crippen molar-refractivity contribution >= 4 is 39.9 Å². The summed E-state index contributed by atoms with van der Waals surface area (Å²) in [7, 11) is 0. The van der Waals surface area contributed by atoms with Gasteiger partial charge in [0, 0.05) is 60.9 Å². The van der Waals surface area contributed by atoms with Crippen LogP contribution in [0.4, 0.5) is 25.0 Å². The molecular weight excluding hydrogens is 530 g/mol. The Hall–Kier alpha value is -4.15. The predicted octanol–water partition coefficient (Wildman–Crippen LogP) is 6.19. The van der Waals surface area contributed by atoms with E-state index < -0.39 is 23.1 Å². The van der Waals surface area contributed by atoms with Crippen LogP contribution >= 0.6 is 0 Å². The second kappa shape index (κ2) is 10.7. The number of nitrogens with one attached hydrogen (secondary N) is 2. The first-order valence-corrected chi connectivity index (χ1v) is 13.9. The number of amides is 2. The zero-order valence-corrected chi connectivity index (χ0v) is 24.3. The van der Waals surface area contributed by atoms with Crippen LogP contribution in [0.5, 0.6) is 0 Å². The molecule has 0 spiro atoms. The minimum absolute atomic E-state index is 0.0152. The van der Waals surface area contributed by atoms with Gasteiger partial charge in [-0.1, -0.05) is 0 Å². The summed E-state index contributed by atoms with van der Waals surface area (Å²) in [4.78, 5) is 37.2. The summed E-state index contributed by atoms with van der Waals surface area (Å²) < 4.78 is 37.3. The lowest BCUT2D eigenvalue weighted by molar-refractivity contribution is 0.0149. The molecule has 218 valence electrons. The van der Waals surface area contributed by atoms with Crippen LogP contribution in [0, 0.1) is 25.5 Å². The number of H-pyrrole nitrogens is 1. The van der Waals surface area contributed by atoms with Gasteiger partial charge >= 0.3 is 6.09 Å². The molecule has 41 heavy (non-hydrogen) atoms. The summed E-state index contributed by atoms with van der Waals surface area (Å²) >= 11 is 0. The van der Waals surface area contributed by atoms with E-state index in [2.05, 4.69) is 20.2 Å². The van der Waals surface area contributed by atoms with Crippen LogP contribution in [0.1, 0.15) is 62.3 Å². The highest BCUT2D eigenvalue weighted by molar-refractivity contribution is 6.14. The maximum Gasteiger partial charge on any atom is 0.410 e. The van der Waals surface area contributed by atoms with Crippen molar-refractivity contribution in [2.75, 3.05) is 29.9 Å². The summed E-state index contributed by atoms with van der Waals surface area (Å²) in [5.74, 6) is -1.96. The number of hydrogen-bond donors (Lipinski definition) is 2. The third-order valence-electron chi connectivity index (χ3n) is 7.31. The number of nitrogens with zero attached hydrogens (tertiary/aromatic N) is 4. The topological polar surface area (TPSA) is 95.0 Å². The first-order valence-electron chi connectivity index (χ1n) is 13.9. The lowest BCUT2D eigenvalue weighted by Gasteiger charge is -2.39. The van der Waals surface area contributed by atoms with E-state index in [0.29, 0.717) is 49.4 Å². The van der Waals surface area contributed by atoms with E-state index in [9.17, 15) is 14.0 Å². The van der Waals surface area contributed by atoms with Crippen molar-refractivity contribution in [2.24, 2.45) is 0 Å². The fourth-order valence-corrected chi connectivity index (χ4v) is 5.58. The molecule has 0 atom stereocenters. The summed E-state index contributed by atoms with van der Waals surface area (Å²) in [6.07, 6.45) is 4.26. The fraction of sp³-hybridized carbons (Fsp3) is 0.433. The lowest BCUT2D eigenvalue weighted by Crippen LogP contribution is -2.48. The average molecular weight is 567 g/mol. The molecule has 1 saturated heterocycles. The molecule has 1 aromatic carbocycles. The van der Waals surface area contributed by atoms with E-state index in [1.165, 1.54) is 16.5 Å². The Morgan fingerprint density at radius 3 is 2.49 bits per heavy atom. The number of ether oxygens (including phenoxy) is 1. The van der Waals surface area contributed by atoms with Crippen LogP contribution in [0.2, 0.25) is 0 Å². The smallest absolute Gasteiger partial charge is 0.410 e. The number of carbonyl (C=O) groups is 2. The number of hydrogen-bond acceptors (Lipinski definition) is 5. The largest absolute Gasteiger partial charge is 0.444 e. The molecule has 5 rings (SSSR count). The number of benzene rings is 1. The van der Waals surface area contributed by atoms with Gasteiger partial charge in [0.1, 0.15) is 11.4 Å². The Labute approximate surface area is 237 Å². The number of aromatic nitrogens is 3. The van der Waals surface area contributed by atoms with Gasteiger partial charge in [-0.3, -0.25) is 4.79 Å². The number of carbonyl (C=O) groups excluding carboxylic acids is 2. The van der Waals surface area contributed by atoms with Gasteiger partial charge in [-0.2, -0.15) is 0 Å². The Bertz CT molecular complexity index is 1630.